The number of hydrogen-bond acceptors (Lipinski definition) is 2. The summed E-state index contributed by atoms with van der Waals surface area (Å²) in [4.78, 5) is 19.7. The molecule has 4 heteroatoms. The summed E-state index contributed by atoms with van der Waals surface area (Å²) in [5, 5.41) is 16.1. The zero-order valence-corrected chi connectivity index (χ0v) is 10.2. The van der Waals surface area contributed by atoms with Gasteiger partial charge in [0.2, 0.25) is 0 Å². The number of carbonyl (C=O) groups is 2. The van der Waals surface area contributed by atoms with E-state index < -0.39 is 11.9 Å². The summed E-state index contributed by atoms with van der Waals surface area (Å²) >= 11 is 0. The Morgan fingerprint density at radius 1 is 1.22 bits per heavy atom. The van der Waals surface area contributed by atoms with E-state index in [2.05, 4.69) is 18.7 Å². The van der Waals surface area contributed by atoms with Gasteiger partial charge in [0.25, 0.3) is 0 Å². The maximum atomic E-state index is 9.90. The number of allylic oxidation sites excluding steroid dienone is 1. The van der Waals surface area contributed by atoms with Gasteiger partial charge in [-0.15, -0.1) is 6.58 Å². The third-order valence-corrected chi connectivity index (χ3v) is 1.90. The van der Waals surface area contributed by atoms with E-state index in [9.17, 15) is 9.59 Å². The largest absolute Gasteiger partial charge is 0.478 e. The molecule has 1 aromatic rings. The van der Waals surface area contributed by atoms with Gasteiger partial charge in [-0.25, -0.2) is 9.59 Å². The molecule has 0 heterocycles. The summed E-state index contributed by atoms with van der Waals surface area (Å²) in [7, 11) is 0. The van der Waals surface area contributed by atoms with Gasteiger partial charge in [-0.05, 0) is 18.9 Å². The molecule has 0 aliphatic rings. The van der Waals surface area contributed by atoms with Crippen LogP contribution in [0.3, 0.4) is 0 Å². The lowest BCUT2D eigenvalue weighted by Gasteiger charge is -1.91. The summed E-state index contributed by atoms with van der Waals surface area (Å²) < 4.78 is 0. The SMILES string of the molecule is C/C(=C/C(=O)O)C(=O)O.C=CCc1ccccc1. The Kier molecular flexibility index (Phi) is 7.61. The zero-order valence-electron chi connectivity index (χ0n) is 10.2. The van der Waals surface area contributed by atoms with E-state index in [4.69, 9.17) is 10.2 Å². The fourth-order valence-electron chi connectivity index (χ4n) is 1.03. The highest BCUT2D eigenvalue weighted by Crippen LogP contribution is 1.98. The van der Waals surface area contributed by atoms with Crippen LogP contribution in [0.15, 0.2) is 54.6 Å². The van der Waals surface area contributed by atoms with Crippen LogP contribution in [0, 0.1) is 0 Å². The first kappa shape index (κ1) is 15.6. The lowest BCUT2D eigenvalue weighted by atomic mass is 10.2. The van der Waals surface area contributed by atoms with Crippen molar-refractivity contribution in [2.24, 2.45) is 0 Å². The van der Waals surface area contributed by atoms with Gasteiger partial charge >= 0.3 is 11.9 Å². The van der Waals surface area contributed by atoms with Crippen molar-refractivity contribution in [3.05, 3.63) is 60.2 Å². The Labute approximate surface area is 106 Å². The second-order valence-electron chi connectivity index (χ2n) is 3.45. The van der Waals surface area contributed by atoms with Gasteiger partial charge in [-0.3, -0.25) is 0 Å². The van der Waals surface area contributed by atoms with Gasteiger partial charge < -0.3 is 10.2 Å². The minimum atomic E-state index is -1.24. The highest BCUT2D eigenvalue weighted by molar-refractivity contribution is 5.93. The van der Waals surface area contributed by atoms with E-state index >= 15 is 0 Å². The molecular formula is C14H16O4. The third kappa shape index (κ3) is 7.87. The zero-order chi connectivity index (χ0) is 14.0. The predicted molar refractivity (Wildman–Crippen MR) is 69.4 cm³/mol. The molecule has 0 spiro atoms. The molecule has 0 aliphatic carbocycles. The number of carboxylic acids is 2. The first-order valence-electron chi connectivity index (χ1n) is 5.26. The molecule has 0 aliphatic heterocycles. The topological polar surface area (TPSA) is 74.6 Å². The minimum Gasteiger partial charge on any atom is -0.478 e. The van der Waals surface area contributed by atoms with E-state index in [0.29, 0.717) is 6.08 Å². The van der Waals surface area contributed by atoms with Crippen LogP contribution in [0.5, 0.6) is 0 Å². The lowest BCUT2D eigenvalue weighted by molar-refractivity contribution is -0.135. The molecule has 0 radical (unpaired) electrons. The molecule has 4 nitrogen and oxygen atoms in total. The summed E-state index contributed by atoms with van der Waals surface area (Å²) in [5.74, 6) is -2.45. The maximum Gasteiger partial charge on any atom is 0.331 e. The number of rotatable bonds is 4. The predicted octanol–water partition coefficient (Wildman–Crippen LogP) is 2.52. The number of aliphatic carboxylic acids is 2. The van der Waals surface area contributed by atoms with Gasteiger partial charge in [0.05, 0.1) is 0 Å². The molecular weight excluding hydrogens is 232 g/mol. The molecule has 0 saturated heterocycles. The summed E-state index contributed by atoms with van der Waals surface area (Å²) in [6.07, 6.45) is 3.53. The highest BCUT2D eigenvalue weighted by atomic mass is 16.4. The lowest BCUT2D eigenvalue weighted by Crippen LogP contribution is -1.99. The fourth-order valence-corrected chi connectivity index (χ4v) is 1.03. The van der Waals surface area contributed by atoms with Crippen LogP contribution in [-0.4, -0.2) is 22.2 Å². The average molecular weight is 248 g/mol. The second kappa shape index (κ2) is 8.75. The van der Waals surface area contributed by atoms with E-state index in [-0.39, 0.29) is 5.57 Å². The summed E-state index contributed by atoms with van der Waals surface area (Å²) in [5.41, 5.74) is 1.15. The minimum absolute atomic E-state index is 0.178. The van der Waals surface area contributed by atoms with Crippen molar-refractivity contribution in [3.63, 3.8) is 0 Å². The van der Waals surface area contributed by atoms with Crippen LogP contribution in [-0.2, 0) is 16.0 Å². The van der Waals surface area contributed by atoms with Crippen molar-refractivity contribution in [1.29, 1.82) is 0 Å². The van der Waals surface area contributed by atoms with Crippen molar-refractivity contribution in [1.82, 2.24) is 0 Å². The van der Waals surface area contributed by atoms with E-state index in [1.54, 1.807) is 0 Å². The van der Waals surface area contributed by atoms with Crippen molar-refractivity contribution in [2.75, 3.05) is 0 Å². The van der Waals surface area contributed by atoms with Crippen LogP contribution in [0.1, 0.15) is 12.5 Å². The quantitative estimate of drug-likeness (QED) is 0.634. The average Bonchev–Trinajstić information content (AvgIpc) is 2.30. The molecule has 0 unspecified atom stereocenters. The Morgan fingerprint density at radius 2 is 1.78 bits per heavy atom. The van der Waals surface area contributed by atoms with Gasteiger partial charge in [-0.2, -0.15) is 0 Å². The normalized spacial score (nSPS) is 9.94. The van der Waals surface area contributed by atoms with E-state index in [1.807, 2.05) is 24.3 Å². The Balaban J connectivity index is 0.000000321. The number of hydrogen-bond donors (Lipinski definition) is 2. The van der Waals surface area contributed by atoms with Crippen molar-refractivity contribution in [3.8, 4) is 0 Å². The van der Waals surface area contributed by atoms with Crippen LogP contribution < -0.4 is 0 Å². The molecule has 1 aromatic carbocycles. The second-order valence-corrected chi connectivity index (χ2v) is 3.45. The molecule has 18 heavy (non-hydrogen) atoms. The molecule has 0 bridgehead atoms. The smallest absolute Gasteiger partial charge is 0.331 e. The number of benzene rings is 1. The van der Waals surface area contributed by atoms with Crippen LogP contribution >= 0.6 is 0 Å². The first-order valence-corrected chi connectivity index (χ1v) is 5.26. The Bertz CT molecular complexity index is 432. The van der Waals surface area contributed by atoms with Crippen molar-refractivity contribution >= 4 is 11.9 Å². The molecule has 2 N–H and O–H groups in total. The van der Waals surface area contributed by atoms with Crippen LogP contribution in [0.4, 0.5) is 0 Å². The first-order chi connectivity index (χ1) is 8.47. The standard InChI is InChI=1S/C9H10.C5H6O4/c1-2-6-9-7-4-3-5-8-9;1-3(5(8)9)2-4(6)7/h2-5,7-8H,1,6H2;2H,1H3,(H,6,7)(H,8,9)/b;3-2-. The third-order valence-electron chi connectivity index (χ3n) is 1.90. The molecule has 0 saturated carbocycles. The van der Waals surface area contributed by atoms with Gasteiger partial charge in [0, 0.05) is 11.6 Å². The molecule has 0 amide bonds. The van der Waals surface area contributed by atoms with Gasteiger partial charge in [0.1, 0.15) is 0 Å². The summed E-state index contributed by atoms with van der Waals surface area (Å²) in [6.45, 7) is 4.87. The van der Waals surface area contributed by atoms with Crippen molar-refractivity contribution < 1.29 is 19.8 Å². The molecule has 96 valence electrons. The fraction of sp³-hybridized carbons (Fsp3) is 0.143. The molecule has 0 atom stereocenters. The summed E-state index contributed by atoms with van der Waals surface area (Å²) in [6, 6.07) is 10.3. The molecule has 1 rings (SSSR count). The maximum absolute atomic E-state index is 9.90. The monoisotopic (exact) mass is 248 g/mol. The Morgan fingerprint density at radius 3 is 2.11 bits per heavy atom. The Hall–Kier alpha value is -2.36. The van der Waals surface area contributed by atoms with Gasteiger partial charge in [0.15, 0.2) is 0 Å². The van der Waals surface area contributed by atoms with Crippen LogP contribution in [0.2, 0.25) is 0 Å². The van der Waals surface area contributed by atoms with Crippen LogP contribution in [0.25, 0.3) is 0 Å². The molecule has 0 fully saturated rings. The molecule has 0 aromatic heterocycles. The van der Waals surface area contributed by atoms with E-state index in [0.717, 1.165) is 6.42 Å². The number of carboxylic acid groups (broad SMARTS) is 2. The van der Waals surface area contributed by atoms with Crippen molar-refractivity contribution in [2.45, 2.75) is 13.3 Å². The van der Waals surface area contributed by atoms with E-state index in [1.165, 1.54) is 12.5 Å². The highest BCUT2D eigenvalue weighted by Gasteiger charge is 2.00. The van der Waals surface area contributed by atoms with Gasteiger partial charge in [-0.1, -0.05) is 36.4 Å².